The standard InChI is InChI=1S/C18H33N3O/c1-21(2)15(12-6-4-3-5-7-12)11-20-18(22)16-13-8-9-14(10-13)17(16)19/h12-17H,3-11,19H2,1-2H3,(H,20,22). The molecule has 4 heteroatoms. The number of nitrogens with two attached hydrogens (primary N) is 1. The van der Waals surface area contributed by atoms with E-state index in [4.69, 9.17) is 5.73 Å². The summed E-state index contributed by atoms with van der Waals surface area (Å²) < 4.78 is 0. The van der Waals surface area contributed by atoms with Crippen molar-refractivity contribution in [1.82, 2.24) is 10.2 Å². The molecule has 2 bridgehead atoms. The van der Waals surface area contributed by atoms with E-state index in [2.05, 4.69) is 24.3 Å². The molecule has 3 aliphatic rings. The Hall–Kier alpha value is -0.610. The van der Waals surface area contributed by atoms with Crippen LogP contribution in [0.25, 0.3) is 0 Å². The molecule has 3 aliphatic carbocycles. The fourth-order valence-corrected chi connectivity index (χ4v) is 5.34. The number of carbonyl (C=O) groups is 1. The number of fused-ring (bicyclic) bond motifs is 2. The third-order valence-electron chi connectivity index (χ3n) is 6.63. The van der Waals surface area contributed by atoms with Crippen molar-refractivity contribution < 1.29 is 4.79 Å². The molecular formula is C18H33N3O. The van der Waals surface area contributed by atoms with E-state index in [1.165, 1.54) is 51.4 Å². The van der Waals surface area contributed by atoms with Gasteiger partial charge in [-0.15, -0.1) is 0 Å². The van der Waals surface area contributed by atoms with E-state index in [-0.39, 0.29) is 17.9 Å². The van der Waals surface area contributed by atoms with Crippen LogP contribution in [0.3, 0.4) is 0 Å². The molecule has 3 N–H and O–H groups in total. The minimum absolute atomic E-state index is 0.0768. The molecule has 5 unspecified atom stereocenters. The van der Waals surface area contributed by atoms with Crippen molar-refractivity contribution in [3.05, 3.63) is 0 Å². The number of likely N-dealkylation sites (N-methyl/N-ethyl adjacent to an activating group) is 1. The first-order chi connectivity index (χ1) is 10.6. The second kappa shape index (κ2) is 6.88. The van der Waals surface area contributed by atoms with Crippen molar-refractivity contribution in [3.63, 3.8) is 0 Å². The van der Waals surface area contributed by atoms with Gasteiger partial charge in [0.05, 0.1) is 5.92 Å². The average Bonchev–Trinajstić information content (AvgIpc) is 3.09. The quantitative estimate of drug-likeness (QED) is 0.816. The van der Waals surface area contributed by atoms with Crippen LogP contribution < -0.4 is 11.1 Å². The Morgan fingerprint density at radius 3 is 2.41 bits per heavy atom. The van der Waals surface area contributed by atoms with Gasteiger partial charge >= 0.3 is 0 Å². The van der Waals surface area contributed by atoms with Gasteiger partial charge in [0, 0.05) is 18.6 Å². The molecule has 0 aromatic carbocycles. The average molecular weight is 307 g/mol. The normalized spacial score (nSPS) is 36.7. The van der Waals surface area contributed by atoms with Crippen molar-refractivity contribution >= 4 is 5.91 Å². The van der Waals surface area contributed by atoms with Gasteiger partial charge in [0.15, 0.2) is 0 Å². The molecule has 4 nitrogen and oxygen atoms in total. The van der Waals surface area contributed by atoms with Crippen LogP contribution in [0.2, 0.25) is 0 Å². The van der Waals surface area contributed by atoms with Crippen molar-refractivity contribution in [3.8, 4) is 0 Å². The second-order valence-electron chi connectivity index (χ2n) is 8.11. The number of carbonyl (C=O) groups excluding carboxylic acids is 1. The zero-order chi connectivity index (χ0) is 15.7. The summed E-state index contributed by atoms with van der Waals surface area (Å²) in [4.78, 5) is 14.9. The zero-order valence-corrected chi connectivity index (χ0v) is 14.3. The molecule has 0 saturated heterocycles. The van der Waals surface area contributed by atoms with Crippen LogP contribution in [0.4, 0.5) is 0 Å². The summed E-state index contributed by atoms with van der Waals surface area (Å²) in [6, 6.07) is 0.574. The Kier molecular flexibility index (Phi) is 5.08. The molecule has 1 amide bonds. The van der Waals surface area contributed by atoms with Gasteiger partial charge < -0.3 is 16.0 Å². The lowest BCUT2D eigenvalue weighted by atomic mass is 9.82. The fourth-order valence-electron chi connectivity index (χ4n) is 5.34. The molecule has 5 atom stereocenters. The zero-order valence-electron chi connectivity index (χ0n) is 14.3. The highest BCUT2D eigenvalue weighted by Crippen LogP contribution is 2.47. The maximum Gasteiger partial charge on any atom is 0.225 e. The molecule has 3 rings (SSSR count). The lowest BCUT2D eigenvalue weighted by Gasteiger charge is -2.35. The monoisotopic (exact) mass is 307 g/mol. The highest BCUT2D eigenvalue weighted by atomic mass is 16.2. The molecule has 0 aliphatic heterocycles. The van der Waals surface area contributed by atoms with E-state index >= 15 is 0 Å². The van der Waals surface area contributed by atoms with Gasteiger partial charge in [-0.05, 0) is 64.0 Å². The van der Waals surface area contributed by atoms with Gasteiger partial charge in [-0.1, -0.05) is 19.3 Å². The van der Waals surface area contributed by atoms with Crippen LogP contribution >= 0.6 is 0 Å². The predicted molar refractivity (Wildman–Crippen MR) is 89.4 cm³/mol. The molecular weight excluding hydrogens is 274 g/mol. The summed E-state index contributed by atoms with van der Waals surface area (Å²) in [6.45, 7) is 0.789. The summed E-state index contributed by atoms with van der Waals surface area (Å²) in [5, 5.41) is 3.26. The van der Waals surface area contributed by atoms with Gasteiger partial charge in [-0.25, -0.2) is 0 Å². The maximum absolute atomic E-state index is 12.6. The largest absolute Gasteiger partial charge is 0.354 e. The first-order valence-electron chi connectivity index (χ1n) is 9.27. The van der Waals surface area contributed by atoms with Gasteiger partial charge in [-0.3, -0.25) is 4.79 Å². The van der Waals surface area contributed by atoms with Crippen molar-refractivity contribution in [2.24, 2.45) is 29.4 Å². The Morgan fingerprint density at radius 2 is 1.82 bits per heavy atom. The molecule has 126 valence electrons. The number of hydrogen-bond donors (Lipinski definition) is 2. The summed E-state index contributed by atoms with van der Waals surface area (Å²) >= 11 is 0. The molecule has 0 aromatic heterocycles. The van der Waals surface area contributed by atoms with E-state index in [1.54, 1.807) is 0 Å². The fraction of sp³-hybridized carbons (Fsp3) is 0.944. The molecule has 0 aromatic rings. The van der Waals surface area contributed by atoms with E-state index in [0.717, 1.165) is 12.5 Å². The van der Waals surface area contributed by atoms with Gasteiger partial charge in [0.25, 0.3) is 0 Å². The predicted octanol–water partition coefficient (Wildman–Crippen LogP) is 1.99. The highest BCUT2D eigenvalue weighted by molar-refractivity contribution is 5.80. The Labute approximate surface area is 135 Å². The molecule has 3 saturated carbocycles. The van der Waals surface area contributed by atoms with Crippen LogP contribution in [0.1, 0.15) is 51.4 Å². The van der Waals surface area contributed by atoms with Crippen LogP contribution in [0.15, 0.2) is 0 Å². The Bertz CT molecular complexity index is 390. The van der Waals surface area contributed by atoms with Crippen molar-refractivity contribution in [2.45, 2.75) is 63.5 Å². The van der Waals surface area contributed by atoms with E-state index in [9.17, 15) is 4.79 Å². The first kappa shape index (κ1) is 16.3. The Morgan fingerprint density at radius 1 is 1.14 bits per heavy atom. The topological polar surface area (TPSA) is 58.4 Å². The van der Waals surface area contributed by atoms with E-state index < -0.39 is 0 Å². The minimum atomic E-state index is 0.0768. The van der Waals surface area contributed by atoms with Crippen LogP contribution in [-0.2, 0) is 4.79 Å². The molecule has 0 radical (unpaired) electrons. The third-order valence-corrected chi connectivity index (χ3v) is 6.63. The van der Waals surface area contributed by atoms with Crippen LogP contribution in [0.5, 0.6) is 0 Å². The highest BCUT2D eigenvalue weighted by Gasteiger charge is 2.49. The number of amides is 1. The number of rotatable bonds is 5. The molecule has 0 heterocycles. The molecule has 0 spiro atoms. The second-order valence-corrected chi connectivity index (χ2v) is 8.11. The summed E-state index contributed by atoms with van der Waals surface area (Å²) in [7, 11) is 4.30. The summed E-state index contributed by atoms with van der Waals surface area (Å²) in [5.74, 6) is 2.18. The lowest BCUT2D eigenvalue weighted by Crippen LogP contribution is -2.50. The number of nitrogens with one attached hydrogen (secondary N) is 1. The lowest BCUT2D eigenvalue weighted by molar-refractivity contribution is -0.127. The first-order valence-corrected chi connectivity index (χ1v) is 9.27. The van der Waals surface area contributed by atoms with Crippen LogP contribution in [-0.4, -0.2) is 43.5 Å². The van der Waals surface area contributed by atoms with E-state index in [1.807, 2.05) is 0 Å². The summed E-state index contributed by atoms with van der Waals surface area (Å²) in [6.07, 6.45) is 10.3. The van der Waals surface area contributed by atoms with E-state index in [0.29, 0.717) is 17.9 Å². The van der Waals surface area contributed by atoms with Crippen molar-refractivity contribution in [2.75, 3.05) is 20.6 Å². The van der Waals surface area contributed by atoms with Crippen molar-refractivity contribution in [1.29, 1.82) is 0 Å². The number of hydrogen-bond acceptors (Lipinski definition) is 3. The third kappa shape index (κ3) is 3.18. The van der Waals surface area contributed by atoms with Crippen LogP contribution in [0, 0.1) is 23.7 Å². The maximum atomic E-state index is 12.6. The van der Waals surface area contributed by atoms with Gasteiger partial charge in [0.1, 0.15) is 0 Å². The molecule has 22 heavy (non-hydrogen) atoms. The smallest absolute Gasteiger partial charge is 0.225 e. The Balaban J connectivity index is 1.54. The SMILES string of the molecule is CN(C)C(CNC(=O)C1C2CCC(C2)C1N)C1CCCCC1. The molecule has 3 fully saturated rings. The minimum Gasteiger partial charge on any atom is -0.354 e. The number of nitrogens with zero attached hydrogens (tertiary/aromatic N) is 1. The van der Waals surface area contributed by atoms with Gasteiger partial charge in [0.2, 0.25) is 5.91 Å². The van der Waals surface area contributed by atoms with Gasteiger partial charge in [-0.2, -0.15) is 0 Å². The summed E-state index contributed by atoms with van der Waals surface area (Å²) in [5.41, 5.74) is 6.30.